The molecule has 0 amide bonds. The molecule has 0 radical (unpaired) electrons. The van der Waals surface area contributed by atoms with Gasteiger partial charge in [0.1, 0.15) is 0 Å². The van der Waals surface area contributed by atoms with Gasteiger partial charge >= 0.3 is 0 Å². The van der Waals surface area contributed by atoms with Gasteiger partial charge in [0.25, 0.3) is 0 Å². The van der Waals surface area contributed by atoms with Crippen molar-refractivity contribution in [3.8, 4) is 0 Å². The van der Waals surface area contributed by atoms with E-state index in [0.717, 1.165) is 24.7 Å². The first-order valence-corrected chi connectivity index (χ1v) is 15.2. The van der Waals surface area contributed by atoms with E-state index in [0.29, 0.717) is 28.6 Å². The van der Waals surface area contributed by atoms with Crippen LogP contribution in [0.4, 0.5) is 0 Å². The molecular formula is C33H49NO2. The third kappa shape index (κ3) is 2.92. The zero-order valence-electron chi connectivity index (χ0n) is 23.2. The third-order valence-electron chi connectivity index (χ3n) is 13.7. The highest BCUT2D eigenvalue weighted by Gasteiger charge is 2.74. The maximum absolute atomic E-state index is 10.7. The van der Waals surface area contributed by atoms with Crippen LogP contribution in [-0.2, 0) is 0 Å². The second-order valence-corrected chi connectivity index (χ2v) is 15.2. The standard InChI is InChI=1S/C33H49NO2/c1-19(2)21-6-8-30(4)18-25(12-20(3)26(30)14-21)32-9-7-23-16-24-13-22-15-28(35)29(36)17-27(22)33(24,11-10-32)31(23,5)34-32/h12,21-24,27-29,34-36H,1,6-11,13-18H2,2-5H3/t21-,22-,23+,24+,27+,28+,29+,30+,31+,32-,33-/m1/s1. The first-order valence-electron chi connectivity index (χ1n) is 15.2. The molecule has 0 aromatic heterocycles. The van der Waals surface area contributed by atoms with Crippen LogP contribution in [0.3, 0.4) is 0 Å². The van der Waals surface area contributed by atoms with E-state index >= 15 is 0 Å². The number of nitrogens with one attached hydrogen (secondary N) is 1. The van der Waals surface area contributed by atoms with Gasteiger partial charge in [-0.3, -0.25) is 0 Å². The van der Waals surface area contributed by atoms with Crippen molar-refractivity contribution < 1.29 is 10.2 Å². The number of allylic oxidation sites excluding steroid dienone is 4. The fraction of sp³-hybridized carbons (Fsp3) is 0.818. The van der Waals surface area contributed by atoms with E-state index in [1.54, 1.807) is 16.7 Å². The van der Waals surface area contributed by atoms with Crippen LogP contribution in [0.25, 0.3) is 0 Å². The maximum atomic E-state index is 10.7. The molecule has 2 heterocycles. The molecule has 1 spiro atoms. The first kappa shape index (κ1) is 24.2. The number of hydrogen-bond donors (Lipinski definition) is 3. The van der Waals surface area contributed by atoms with E-state index in [1.807, 2.05) is 0 Å². The molecule has 5 aliphatic carbocycles. The minimum atomic E-state index is -0.529. The second kappa shape index (κ2) is 7.60. The molecule has 7 rings (SSSR count). The Morgan fingerprint density at radius 2 is 1.75 bits per heavy atom. The fourth-order valence-electron chi connectivity index (χ4n) is 12.0. The van der Waals surface area contributed by atoms with Crippen LogP contribution in [0.1, 0.15) is 105 Å². The largest absolute Gasteiger partial charge is 0.390 e. The van der Waals surface area contributed by atoms with Gasteiger partial charge in [0.05, 0.1) is 12.2 Å². The molecule has 2 bridgehead atoms. The lowest BCUT2D eigenvalue weighted by Crippen LogP contribution is -2.73. The second-order valence-electron chi connectivity index (χ2n) is 15.2. The smallest absolute Gasteiger partial charge is 0.0802 e. The van der Waals surface area contributed by atoms with E-state index < -0.39 is 12.2 Å². The molecule has 11 atom stereocenters. The number of fused-ring (bicyclic) bond motifs is 3. The molecule has 3 N–H and O–H groups in total. The summed E-state index contributed by atoms with van der Waals surface area (Å²) in [5.41, 5.74) is 7.25. The van der Waals surface area contributed by atoms with Gasteiger partial charge in [-0.2, -0.15) is 0 Å². The Balaban J connectivity index is 1.24. The van der Waals surface area contributed by atoms with Crippen molar-refractivity contribution >= 4 is 0 Å². The van der Waals surface area contributed by atoms with E-state index in [2.05, 4.69) is 45.7 Å². The minimum absolute atomic E-state index is 0.150. The van der Waals surface area contributed by atoms with Crippen LogP contribution in [-0.4, -0.2) is 33.5 Å². The summed E-state index contributed by atoms with van der Waals surface area (Å²) in [5.74, 6) is 3.37. The fourth-order valence-corrected chi connectivity index (χ4v) is 12.0. The first-order chi connectivity index (χ1) is 17.0. The molecule has 2 saturated heterocycles. The summed E-state index contributed by atoms with van der Waals surface area (Å²) in [7, 11) is 0. The van der Waals surface area contributed by atoms with Crippen molar-refractivity contribution in [1.29, 1.82) is 0 Å². The van der Waals surface area contributed by atoms with E-state index in [1.165, 1.54) is 69.8 Å². The van der Waals surface area contributed by atoms with Gasteiger partial charge in [0.2, 0.25) is 0 Å². The van der Waals surface area contributed by atoms with E-state index in [9.17, 15) is 10.2 Å². The van der Waals surface area contributed by atoms with Crippen LogP contribution in [0, 0.1) is 40.4 Å². The van der Waals surface area contributed by atoms with Gasteiger partial charge in [0.15, 0.2) is 0 Å². The van der Waals surface area contributed by atoms with Crippen LogP contribution in [0.5, 0.6) is 0 Å². The van der Waals surface area contributed by atoms with Gasteiger partial charge in [-0.25, -0.2) is 0 Å². The summed E-state index contributed by atoms with van der Waals surface area (Å²) in [4.78, 5) is 0. The monoisotopic (exact) mass is 491 g/mol. The van der Waals surface area contributed by atoms with Crippen molar-refractivity contribution in [2.24, 2.45) is 40.4 Å². The lowest BCUT2D eigenvalue weighted by molar-refractivity contribution is -0.112. The molecule has 7 aliphatic rings. The lowest BCUT2D eigenvalue weighted by Gasteiger charge is -2.65. The Morgan fingerprint density at radius 1 is 0.972 bits per heavy atom. The predicted octanol–water partition coefficient (Wildman–Crippen LogP) is 6.46. The van der Waals surface area contributed by atoms with Gasteiger partial charge in [-0.1, -0.05) is 36.3 Å². The Kier molecular flexibility index (Phi) is 5.10. The topological polar surface area (TPSA) is 52.5 Å². The Labute approximate surface area is 218 Å². The average molecular weight is 492 g/mol. The summed E-state index contributed by atoms with van der Waals surface area (Å²) < 4.78 is 0. The molecule has 198 valence electrons. The normalized spacial score (nSPS) is 55.5. The molecule has 2 aliphatic heterocycles. The lowest BCUT2D eigenvalue weighted by atomic mass is 9.49. The van der Waals surface area contributed by atoms with Gasteiger partial charge in [-0.05, 0) is 144 Å². The summed E-state index contributed by atoms with van der Waals surface area (Å²) in [6.07, 6.45) is 16.1. The highest BCUT2D eigenvalue weighted by Crippen LogP contribution is 2.74. The highest BCUT2D eigenvalue weighted by molar-refractivity contribution is 5.45. The van der Waals surface area contributed by atoms with Crippen LogP contribution in [0.2, 0.25) is 0 Å². The van der Waals surface area contributed by atoms with E-state index in [4.69, 9.17) is 0 Å². The number of piperidine rings is 2. The summed E-state index contributed by atoms with van der Waals surface area (Å²) in [6.45, 7) is 14.1. The molecule has 6 fully saturated rings. The predicted molar refractivity (Wildman–Crippen MR) is 145 cm³/mol. The maximum Gasteiger partial charge on any atom is 0.0802 e. The Bertz CT molecular complexity index is 1060. The van der Waals surface area contributed by atoms with Gasteiger partial charge in [0, 0.05) is 11.1 Å². The molecule has 36 heavy (non-hydrogen) atoms. The molecular weight excluding hydrogens is 442 g/mol. The molecule has 4 saturated carbocycles. The molecule has 0 aromatic rings. The molecule has 3 heteroatoms. The number of aliphatic hydroxyl groups is 2. The SMILES string of the molecule is C=C(C)[C@@H]1CC[C@@]2(C)CC([C@@]34CC[C@H]5C[C@@H]6C[C@@H]7C[C@H](O)[C@@H](O)C[C@@H]7[C@]6(CC3)[C@@]5(C)N4)=CC(C)=C2C1. The van der Waals surface area contributed by atoms with Crippen LogP contribution < -0.4 is 5.32 Å². The quantitative estimate of drug-likeness (QED) is 0.388. The van der Waals surface area contributed by atoms with Crippen LogP contribution >= 0.6 is 0 Å². The van der Waals surface area contributed by atoms with Crippen molar-refractivity contribution in [1.82, 2.24) is 5.32 Å². The van der Waals surface area contributed by atoms with Crippen molar-refractivity contribution in [3.05, 3.63) is 34.9 Å². The number of aliphatic hydroxyl groups excluding tert-OH is 2. The molecule has 0 unspecified atom stereocenters. The van der Waals surface area contributed by atoms with E-state index in [-0.39, 0.29) is 11.1 Å². The summed E-state index contributed by atoms with van der Waals surface area (Å²) in [5, 5.41) is 25.7. The zero-order valence-corrected chi connectivity index (χ0v) is 23.2. The minimum Gasteiger partial charge on any atom is -0.390 e. The zero-order chi connectivity index (χ0) is 25.3. The molecule has 3 nitrogen and oxygen atoms in total. The summed E-state index contributed by atoms with van der Waals surface area (Å²) in [6, 6.07) is 0. The number of hydrogen-bond acceptors (Lipinski definition) is 3. The third-order valence-corrected chi connectivity index (χ3v) is 13.7. The van der Waals surface area contributed by atoms with Crippen LogP contribution in [0.15, 0.2) is 34.9 Å². The highest BCUT2D eigenvalue weighted by atomic mass is 16.3. The van der Waals surface area contributed by atoms with Gasteiger partial charge in [-0.15, -0.1) is 0 Å². The average Bonchev–Trinajstić information content (AvgIpc) is 3.27. The number of rotatable bonds is 2. The Morgan fingerprint density at radius 3 is 2.53 bits per heavy atom. The van der Waals surface area contributed by atoms with Crippen molar-refractivity contribution in [2.75, 3.05) is 0 Å². The van der Waals surface area contributed by atoms with Crippen molar-refractivity contribution in [3.63, 3.8) is 0 Å². The van der Waals surface area contributed by atoms with Gasteiger partial charge < -0.3 is 15.5 Å². The Hall–Kier alpha value is -0.900. The summed E-state index contributed by atoms with van der Waals surface area (Å²) >= 11 is 0. The molecule has 0 aromatic carbocycles. The van der Waals surface area contributed by atoms with Crippen molar-refractivity contribution in [2.45, 2.75) is 128 Å².